The second-order valence-corrected chi connectivity index (χ2v) is 6.71. The van der Waals surface area contributed by atoms with Crippen LogP contribution in [-0.2, 0) is 6.54 Å². The van der Waals surface area contributed by atoms with E-state index >= 15 is 0 Å². The van der Waals surface area contributed by atoms with E-state index in [4.69, 9.17) is 0 Å². The van der Waals surface area contributed by atoms with Crippen molar-refractivity contribution in [1.29, 1.82) is 0 Å². The smallest absolute Gasteiger partial charge is 0.389 e. The monoisotopic (exact) mass is 331 g/mol. The molecule has 2 aliphatic carbocycles. The molecule has 5 nitrogen and oxygen atoms in total. The molecule has 23 heavy (non-hydrogen) atoms. The quantitative estimate of drug-likeness (QED) is 0.840. The van der Waals surface area contributed by atoms with E-state index in [-0.39, 0.29) is 23.4 Å². The molecule has 1 heterocycles. The molecular formula is C15H20F3N3O2. The van der Waals surface area contributed by atoms with Crippen LogP contribution in [-0.4, -0.2) is 39.1 Å². The molecule has 0 unspecified atom stereocenters. The number of amides is 1. The fraction of sp³-hybridized carbons (Fsp3) is 0.733. The van der Waals surface area contributed by atoms with Crippen LogP contribution in [0.3, 0.4) is 0 Å². The van der Waals surface area contributed by atoms with Gasteiger partial charge in [0.15, 0.2) is 0 Å². The molecule has 128 valence electrons. The first-order valence-electron chi connectivity index (χ1n) is 7.83. The molecule has 2 saturated carbocycles. The van der Waals surface area contributed by atoms with Crippen LogP contribution in [0.2, 0.25) is 0 Å². The number of aromatic nitrogens is 2. The first kappa shape index (κ1) is 16.3. The van der Waals surface area contributed by atoms with Crippen LogP contribution in [0.15, 0.2) is 12.4 Å². The van der Waals surface area contributed by atoms with Crippen LogP contribution in [0.5, 0.6) is 0 Å². The second-order valence-electron chi connectivity index (χ2n) is 6.71. The minimum Gasteiger partial charge on any atom is -0.389 e. The Labute approximate surface area is 131 Å². The molecule has 1 aromatic heterocycles. The van der Waals surface area contributed by atoms with E-state index in [9.17, 15) is 23.1 Å². The Kier molecular flexibility index (Phi) is 3.90. The molecule has 0 saturated heterocycles. The van der Waals surface area contributed by atoms with Crippen molar-refractivity contribution in [3.8, 4) is 0 Å². The summed E-state index contributed by atoms with van der Waals surface area (Å²) in [6, 6.07) is 0. The number of carbonyl (C=O) groups is 1. The molecule has 0 aromatic carbocycles. The van der Waals surface area contributed by atoms with Crippen molar-refractivity contribution in [1.82, 2.24) is 15.1 Å². The summed E-state index contributed by atoms with van der Waals surface area (Å²) >= 11 is 0. The molecular weight excluding hydrogens is 311 g/mol. The predicted octanol–water partition coefficient (Wildman–Crippen LogP) is 2.26. The molecule has 2 N–H and O–H groups in total. The zero-order valence-electron chi connectivity index (χ0n) is 12.7. The van der Waals surface area contributed by atoms with Crippen molar-refractivity contribution in [3.63, 3.8) is 0 Å². The summed E-state index contributed by atoms with van der Waals surface area (Å²) in [6.07, 6.45) is 1.72. The van der Waals surface area contributed by atoms with Crippen molar-refractivity contribution in [3.05, 3.63) is 18.0 Å². The second kappa shape index (κ2) is 5.51. The lowest BCUT2D eigenvalue weighted by molar-refractivity contribution is -0.137. The average Bonchev–Trinajstić information content (AvgIpc) is 3.09. The fourth-order valence-electron chi connectivity index (χ4n) is 3.20. The highest BCUT2D eigenvalue weighted by Crippen LogP contribution is 2.60. The van der Waals surface area contributed by atoms with Crippen molar-refractivity contribution >= 4 is 5.91 Å². The predicted molar refractivity (Wildman–Crippen MR) is 75.7 cm³/mol. The summed E-state index contributed by atoms with van der Waals surface area (Å²) in [5, 5.41) is 17.0. The van der Waals surface area contributed by atoms with Crippen molar-refractivity contribution in [2.75, 3.05) is 6.54 Å². The summed E-state index contributed by atoms with van der Waals surface area (Å²) in [5.74, 6) is -0.363. The maximum Gasteiger partial charge on any atom is 0.390 e. The highest BCUT2D eigenvalue weighted by atomic mass is 19.4. The Morgan fingerprint density at radius 3 is 2.57 bits per heavy atom. The number of hydrogen-bond donors (Lipinski definition) is 2. The molecule has 0 atom stereocenters. The molecule has 2 aliphatic rings. The van der Waals surface area contributed by atoms with Gasteiger partial charge in [-0.15, -0.1) is 0 Å². The molecule has 0 radical (unpaired) electrons. The maximum atomic E-state index is 12.2. The zero-order chi connectivity index (χ0) is 16.7. The Balaban J connectivity index is 1.52. The third kappa shape index (κ3) is 3.36. The molecule has 8 heteroatoms. The average molecular weight is 331 g/mol. The standard InChI is InChI=1S/C15H20F3N3O2/c16-15(17,18)6-7-21-9-11(8-20-21)12(22)19-10-13(4-5-13)14(23)2-1-3-14/h8-9,23H,1-7,10H2,(H,19,22). The molecule has 1 amide bonds. The van der Waals surface area contributed by atoms with E-state index in [1.165, 1.54) is 12.4 Å². The van der Waals surface area contributed by atoms with Gasteiger partial charge >= 0.3 is 6.18 Å². The fourth-order valence-corrected chi connectivity index (χ4v) is 3.20. The topological polar surface area (TPSA) is 67.2 Å². The summed E-state index contributed by atoms with van der Waals surface area (Å²) in [4.78, 5) is 12.1. The van der Waals surface area contributed by atoms with E-state index in [2.05, 4.69) is 10.4 Å². The molecule has 3 rings (SSSR count). The van der Waals surface area contributed by atoms with Gasteiger partial charge in [0.05, 0.1) is 23.8 Å². The number of aliphatic hydroxyl groups is 1. The molecule has 1 aromatic rings. The number of aryl methyl sites for hydroxylation is 1. The molecule has 0 aliphatic heterocycles. The van der Waals surface area contributed by atoms with Crippen molar-refractivity contribution in [2.45, 2.75) is 56.8 Å². The van der Waals surface area contributed by atoms with Crippen LogP contribution in [0.25, 0.3) is 0 Å². The van der Waals surface area contributed by atoms with E-state index in [0.29, 0.717) is 6.54 Å². The Morgan fingerprint density at radius 2 is 2.04 bits per heavy atom. The van der Waals surface area contributed by atoms with Crippen LogP contribution < -0.4 is 5.32 Å². The van der Waals surface area contributed by atoms with Gasteiger partial charge in [-0.3, -0.25) is 9.48 Å². The Hall–Kier alpha value is -1.57. The van der Waals surface area contributed by atoms with Gasteiger partial charge in [-0.1, -0.05) is 0 Å². The Morgan fingerprint density at radius 1 is 1.35 bits per heavy atom. The van der Waals surface area contributed by atoms with Gasteiger partial charge in [-0.25, -0.2) is 0 Å². The minimum absolute atomic E-state index is 0.215. The van der Waals surface area contributed by atoms with Gasteiger partial charge in [0, 0.05) is 24.7 Å². The number of nitrogens with zero attached hydrogens (tertiary/aromatic N) is 2. The number of halogens is 3. The van der Waals surface area contributed by atoms with Gasteiger partial charge in [0.2, 0.25) is 0 Å². The lowest BCUT2D eigenvalue weighted by Crippen LogP contribution is -2.50. The lowest BCUT2D eigenvalue weighted by atomic mass is 9.69. The number of rotatable bonds is 6. The summed E-state index contributed by atoms with van der Waals surface area (Å²) in [5.41, 5.74) is -0.631. The van der Waals surface area contributed by atoms with Gasteiger partial charge in [0.1, 0.15) is 0 Å². The molecule has 0 bridgehead atoms. The third-order valence-electron chi connectivity index (χ3n) is 5.13. The van der Waals surface area contributed by atoms with E-state index in [1.54, 1.807) is 0 Å². The van der Waals surface area contributed by atoms with E-state index in [1.807, 2.05) is 0 Å². The Bertz CT molecular complexity index is 589. The number of nitrogens with one attached hydrogen (secondary N) is 1. The first-order chi connectivity index (χ1) is 10.7. The van der Waals surface area contributed by atoms with E-state index < -0.39 is 18.2 Å². The van der Waals surface area contributed by atoms with Gasteiger partial charge < -0.3 is 10.4 Å². The van der Waals surface area contributed by atoms with Crippen molar-refractivity contribution in [2.24, 2.45) is 5.41 Å². The van der Waals surface area contributed by atoms with Crippen LogP contribution in [0, 0.1) is 5.41 Å². The summed E-state index contributed by atoms with van der Waals surface area (Å²) in [6.45, 7) is 0.0938. The SMILES string of the molecule is O=C(NCC1(C2(O)CCC2)CC1)c1cnn(CCC(F)(F)F)c1. The summed E-state index contributed by atoms with van der Waals surface area (Å²) < 4.78 is 37.6. The minimum atomic E-state index is -4.25. The number of carbonyl (C=O) groups excluding carboxylic acids is 1. The summed E-state index contributed by atoms with van der Waals surface area (Å²) in [7, 11) is 0. The van der Waals surface area contributed by atoms with Crippen LogP contribution in [0.1, 0.15) is 48.9 Å². The van der Waals surface area contributed by atoms with Crippen LogP contribution >= 0.6 is 0 Å². The highest BCUT2D eigenvalue weighted by Gasteiger charge is 2.60. The van der Waals surface area contributed by atoms with Crippen molar-refractivity contribution < 1.29 is 23.1 Å². The van der Waals surface area contributed by atoms with Gasteiger partial charge in [-0.2, -0.15) is 18.3 Å². The maximum absolute atomic E-state index is 12.2. The van der Waals surface area contributed by atoms with Crippen LogP contribution in [0.4, 0.5) is 13.2 Å². The van der Waals surface area contributed by atoms with E-state index in [0.717, 1.165) is 36.8 Å². The number of hydrogen-bond acceptors (Lipinski definition) is 3. The molecule has 0 spiro atoms. The zero-order valence-corrected chi connectivity index (χ0v) is 12.7. The lowest BCUT2D eigenvalue weighted by Gasteiger charge is -2.44. The third-order valence-corrected chi connectivity index (χ3v) is 5.13. The molecule has 2 fully saturated rings. The largest absolute Gasteiger partial charge is 0.390 e. The van der Waals surface area contributed by atoms with Gasteiger partial charge in [-0.05, 0) is 32.1 Å². The number of alkyl halides is 3. The first-order valence-corrected chi connectivity index (χ1v) is 7.83. The normalized spacial score (nSPS) is 21.6. The van der Waals surface area contributed by atoms with Gasteiger partial charge in [0.25, 0.3) is 5.91 Å². The highest BCUT2D eigenvalue weighted by molar-refractivity contribution is 5.93.